The van der Waals surface area contributed by atoms with E-state index in [4.69, 9.17) is 11.5 Å². The smallest absolute Gasteiger partial charge is 0.326 e. The molecular formula is C12H20N2O3. The lowest BCUT2D eigenvalue weighted by Crippen LogP contribution is -2.46. The number of unbranched alkanes of at least 4 members (excludes halogenated alkanes) is 2. The zero-order chi connectivity index (χ0) is 13.1. The molecule has 0 aliphatic rings. The first kappa shape index (κ1) is 15.3. The average Bonchev–Trinajstić information content (AvgIpc) is 2.28. The van der Waals surface area contributed by atoms with Crippen molar-refractivity contribution in [1.82, 2.24) is 10.6 Å². The lowest BCUT2D eigenvalue weighted by molar-refractivity contribution is -0.139. The van der Waals surface area contributed by atoms with E-state index >= 15 is 0 Å². The number of carboxylic acids is 1. The molecule has 0 heterocycles. The molecule has 0 aliphatic heterocycles. The Hall–Kier alpha value is -1.70. The van der Waals surface area contributed by atoms with Crippen LogP contribution in [0.3, 0.4) is 0 Å². The summed E-state index contributed by atoms with van der Waals surface area (Å²) in [5, 5.41) is 13.9. The molecule has 0 aliphatic carbocycles. The van der Waals surface area contributed by atoms with Gasteiger partial charge in [-0.1, -0.05) is 13.3 Å². The van der Waals surface area contributed by atoms with Gasteiger partial charge in [-0.3, -0.25) is 0 Å². The zero-order valence-electron chi connectivity index (χ0n) is 10.2. The molecule has 0 rings (SSSR count). The summed E-state index contributed by atoms with van der Waals surface area (Å²) >= 11 is 0. The van der Waals surface area contributed by atoms with Gasteiger partial charge < -0.3 is 15.7 Å². The Bertz CT molecular complexity index is 284. The van der Waals surface area contributed by atoms with Gasteiger partial charge in [-0.2, -0.15) is 0 Å². The number of carboxylic acid groups (broad SMARTS) is 1. The Balaban J connectivity index is 3.75. The van der Waals surface area contributed by atoms with Gasteiger partial charge in [0.2, 0.25) is 0 Å². The average molecular weight is 240 g/mol. The van der Waals surface area contributed by atoms with Crippen molar-refractivity contribution in [3.8, 4) is 12.3 Å². The zero-order valence-corrected chi connectivity index (χ0v) is 10.2. The summed E-state index contributed by atoms with van der Waals surface area (Å²) in [5.41, 5.74) is 0. The summed E-state index contributed by atoms with van der Waals surface area (Å²) in [5.74, 6) is 1.51. The molecule has 3 N–H and O–H groups in total. The minimum absolute atomic E-state index is 0.430. The van der Waals surface area contributed by atoms with Crippen LogP contribution in [0, 0.1) is 12.3 Å². The van der Waals surface area contributed by atoms with Gasteiger partial charge in [-0.05, 0) is 19.3 Å². The van der Waals surface area contributed by atoms with Crippen molar-refractivity contribution in [2.24, 2.45) is 0 Å². The van der Waals surface area contributed by atoms with Crippen LogP contribution in [-0.4, -0.2) is 29.7 Å². The second-order valence-corrected chi connectivity index (χ2v) is 3.74. The number of aliphatic carboxylic acids is 1. The Morgan fingerprint density at radius 1 is 1.41 bits per heavy atom. The van der Waals surface area contributed by atoms with Crippen molar-refractivity contribution in [2.75, 3.05) is 6.54 Å². The van der Waals surface area contributed by atoms with Gasteiger partial charge >= 0.3 is 12.0 Å². The molecule has 17 heavy (non-hydrogen) atoms. The van der Waals surface area contributed by atoms with Crippen molar-refractivity contribution in [3.05, 3.63) is 0 Å². The number of hydrogen-bond donors (Lipinski definition) is 3. The number of amides is 2. The van der Waals surface area contributed by atoms with Crippen LogP contribution in [0.5, 0.6) is 0 Å². The predicted molar refractivity (Wildman–Crippen MR) is 65.6 cm³/mol. The molecule has 1 atom stereocenters. The van der Waals surface area contributed by atoms with E-state index in [2.05, 4.69) is 16.6 Å². The maximum Gasteiger partial charge on any atom is 0.326 e. The van der Waals surface area contributed by atoms with E-state index in [1.165, 1.54) is 0 Å². The van der Waals surface area contributed by atoms with Crippen molar-refractivity contribution >= 4 is 12.0 Å². The number of carbonyl (C=O) groups excluding carboxylic acids is 1. The minimum Gasteiger partial charge on any atom is -0.480 e. The fourth-order valence-electron chi connectivity index (χ4n) is 1.31. The van der Waals surface area contributed by atoms with Gasteiger partial charge in [0.05, 0.1) is 0 Å². The highest BCUT2D eigenvalue weighted by atomic mass is 16.4. The molecule has 0 bridgehead atoms. The molecule has 0 unspecified atom stereocenters. The molecule has 0 radical (unpaired) electrons. The second kappa shape index (κ2) is 9.52. The quantitative estimate of drug-likeness (QED) is 0.442. The monoisotopic (exact) mass is 240 g/mol. The Labute approximate surface area is 102 Å². The van der Waals surface area contributed by atoms with Crippen molar-refractivity contribution in [1.29, 1.82) is 0 Å². The maximum absolute atomic E-state index is 11.3. The van der Waals surface area contributed by atoms with E-state index in [9.17, 15) is 9.59 Å². The second-order valence-electron chi connectivity index (χ2n) is 3.74. The first-order valence-corrected chi connectivity index (χ1v) is 5.82. The van der Waals surface area contributed by atoms with E-state index in [-0.39, 0.29) is 0 Å². The number of rotatable bonds is 8. The summed E-state index contributed by atoms with van der Waals surface area (Å²) in [6, 6.07) is -1.25. The summed E-state index contributed by atoms with van der Waals surface area (Å²) in [6.07, 6.45) is 8.57. The fourth-order valence-corrected chi connectivity index (χ4v) is 1.31. The molecule has 0 saturated carbocycles. The van der Waals surface area contributed by atoms with E-state index in [1.54, 1.807) is 0 Å². The highest BCUT2D eigenvalue weighted by molar-refractivity contribution is 5.82. The SMILES string of the molecule is C#CCCCCNC(=O)N[C@H](CCC)C(=O)O. The lowest BCUT2D eigenvalue weighted by atomic mass is 10.2. The first-order chi connectivity index (χ1) is 8.11. The molecule has 0 aromatic carbocycles. The molecule has 2 amide bonds. The number of carbonyl (C=O) groups is 2. The third-order valence-electron chi connectivity index (χ3n) is 2.21. The van der Waals surface area contributed by atoms with Crippen LogP contribution in [0.4, 0.5) is 4.79 Å². The maximum atomic E-state index is 11.3. The molecule has 0 aromatic heterocycles. The summed E-state index contributed by atoms with van der Waals surface area (Å²) in [4.78, 5) is 22.1. The van der Waals surface area contributed by atoms with E-state index < -0.39 is 18.0 Å². The van der Waals surface area contributed by atoms with Gasteiger partial charge in [0.25, 0.3) is 0 Å². The number of nitrogens with one attached hydrogen (secondary N) is 2. The first-order valence-electron chi connectivity index (χ1n) is 5.82. The number of urea groups is 1. The lowest BCUT2D eigenvalue weighted by Gasteiger charge is -2.14. The van der Waals surface area contributed by atoms with Crippen molar-refractivity contribution in [3.63, 3.8) is 0 Å². The van der Waals surface area contributed by atoms with Gasteiger partial charge in [0, 0.05) is 13.0 Å². The van der Waals surface area contributed by atoms with Crippen molar-refractivity contribution in [2.45, 2.75) is 45.1 Å². The molecule has 5 nitrogen and oxygen atoms in total. The number of terminal acetylenes is 1. The van der Waals surface area contributed by atoms with Gasteiger partial charge in [-0.25, -0.2) is 9.59 Å². The van der Waals surface area contributed by atoms with Crippen LogP contribution in [0.1, 0.15) is 39.0 Å². The molecule has 0 aromatic rings. The topological polar surface area (TPSA) is 78.4 Å². The van der Waals surface area contributed by atoms with Gasteiger partial charge in [0.15, 0.2) is 0 Å². The minimum atomic E-state index is -1.01. The Morgan fingerprint density at radius 3 is 2.65 bits per heavy atom. The highest BCUT2D eigenvalue weighted by Gasteiger charge is 2.17. The molecular weight excluding hydrogens is 220 g/mol. The van der Waals surface area contributed by atoms with Crippen LogP contribution in [0.25, 0.3) is 0 Å². The van der Waals surface area contributed by atoms with E-state index in [0.29, 0.717) is 25.8 Å². The molecule has 0 fully saturated rings. The molecule has 0 saturated heterocycles. The fraction of sp³-hybridized carbons (Fsp3) is 0.667. The van der Waals surface area contributed by atoms with Gasteiger partial charge in [0.1, 0.15) is 6.04 Å². The molecule has 5 heteroatoms. The normalized spacial score (nSPS) is 11.3. The predicted octanol–water partition coefficient (Wildman–Crippen LogP) is 1.34. The summed E-state index contributed by atoms with van der Waals surface area (Å²) in [6.45, 7) is 2.38. The molecule has 96 valence electrons. The Kier molecular flexibility index (Phi) is 8.57. The van der Waals surface area contributed by atoms with Crippen LogP contribution in [-0.2, 0) is 4.79 Å². The van der Waals surface area contributed by atoms with E-state index in [0.717, 1.165) is 12.8 Å². The van der Waals surface area contributed by atoms with Crippen LogP contribution >= 0.6 is 0 Å². The van der Waals surface area contributed by atoms with E-state index in [1.807, 2.05) is 6.92 Å². The standard InChI is InChI=1S/C12H20N2O3/c1-3-5-6-7-9-13-12(17)14-10(8-4-2)11(15)16/h1,10H,4-9H2,2H3,(H,15,16)(H2,13,14,17)/t10-/m1/s1. The van der Waals surface area contributed by atoms with Crippen LogP contribution in [0.2, 0.25) is 0 Å². The van der Waals surface area contributed by atoms with Crippen LogP contribution < -0.4 is 10.6 Å². The Morgan fingerprint density at radius 2 is 2.12 bits per heavy atom. The van der Waals surface area contributed by atoms with Crippen molar-refractivity contribution < 1.29 is 14.7 Å². The number of hydrogen-bond acceptors (Lipinski definition) is 2. The highest BCUT2D eigenvalue weighted by Crippen LogP contribution is 1.96. The molecule has 0 spiro atoms. The summed E-state index contributed by atoms with van der Waals surface area (Å²) < 4.78 is 0. The third kappa shape index (κ3) is 8.14. The van der Waals surface area contributed by atoms with Crippen LogP contribution in [0.15, 0.2) is 0 Å². The summed E-state index contributed by atoms with van der Waals surface area (Å²) in [7, 11) is 0. The van der Waals surface area contributed by atoms with Gasteiger partial charge in [-0.15, -0.1) is 12.3 Å². The third-order valence-corrected chi connectivity index (χ3v) is 2.21. The largest absolute Gasteiger partial charge is 0.480 e.